The van der Waals surface area contributed by atoms with Gasteiger partial charge in [-0.3, -0.25) is 4.79 Å². The topological polar surface area (TPSA) is 46.5 Å². The van der Waals surface area contributed by atoms with Gasteiger partial charge >= 0.3 is 5.97 Å². The first kappa shape index (κ1) is 13.5. The van der Waals surface area contributed by atoms with Gasteiger partial charge in [-0.15, -0.1) is 0 Å². The zero-order chi connectivity index (χ0) is 12.1. The van der Waals surface area contributed by atoms with Gasteiger partial charge in [0.1, 0.15) is 0 Å². The number of carbonyl (C=O) groups is 1. The first-order chi connectivity index (χ1) is 7.54. The summed E-state index contributed by atoms with van der Waals surface area (Å²) in [6.07, 6.45) is -0.241. The molecule has 0 bridgehead atoms. The molecule has 0 aliphatic carbocycles. The second kappa shape index (κ2) is 6.23. The number of hydrogen-bond acceptors (Lipinski definition) is 3. The molecule has 0 aromatic heterocycles. The summed E-state index contributed by atoms with van der Waals surface area (Å²) in [5.41, 5.74) is 0.677. The summed E-state index contributed by atoms with van der Waals surface area (Å²) in [4.78, 5) is 10.9. The van der Waals surface area contributed by atoms with Crippen molar-refractivity contribution in [2.75, 3.05) is 7.11 Å². The maximum atomic E-state index is 10.9. The Hall–Kier alpha value is -0.580. The van der Waals surface area contributed by atoms with Crippen molar-refractivity contribution in [2.45, 2.75) is 18.9 Å². The van der Waals surface area contributed by atoms with Crippen molar-refractivity contribution >= 4 is 33.5 Å². The number of aliphatic hydroxyl groups is 1. The van der Waals surface area contributed by atoms with Crippen molar-refractivity contribution in [2.24, 2.45) is 0 Å². The third-order valence-corrected chi connectivity index (χ3v) is 3.12. The maximum Gasteiger partial charge on any atom is 0.305 e. The molecule has 0 spiro atoms. The molecule has 1 rings (SSSR count). The van der Waals surface area contributed by atoms with Crippen LogP contribution >= 0.6 is 27.5 Å². The molecule has 0 radical (unpaired) electrons. The molecule has 0 saturated heterocycles. The second-order valence-corrected chi connectivity index (χ2v) is 4.59. The average Bonchev–Trinajstić information content (AvgIpc) is 2.28. The number of esters is 1. The minimum absolute atomic E-state index is 0.177. The van der Waals surface area contributed by atoms with E-state index in [1.165, 1.54) is 7.11 Å². The largest absolute Gasteiger partial charge is 0.469 e. The van der Waals surface area contributed by atoms with Gasteiger partial charge in [0.25, 0.3) is 0 Å². The van der Waals surface area contributed by atoms with E-state index in [9.17, 15) is 9.90 Å². The Balaban J connectivity index is 2.68. The smallest absolute Gasteiger partial charge is 0.305 e. The summed E-state index contributed by atoms with van der Waals surface area (Å²) < 4.78 is 5.28. The Bertz CT molecular complexity index is 381. The van der Waals surface area contributed by atoms with Crippen LogP contribution in [-0.2, 0) is 9.53 Å². The molecule has 1 unspecified atom stereocenters. The van der Waals surface area contributed by atoms with Crippen LogP contribution in [0.15, 0.2) is 22.7 Å². The Morgan fingerprint density at radius 3 is 2.94 bits per heavy atom. The van der Waals surface area contributed by atoms with Crippen molar-refractivity contribution in [1.82, 2.24) is 0 Å². The highest BCUT2D eigenvalue weighted by Gasteiger charge is 2.13. The quantitative estimate of drug-likeness (QED) is 0.870. The normalized spacial score (nSPS) is 12.2. The minimum atomic E-state index is -0.729. The molecule has 1 aromatic carbocycles. The van der Waals surface area contributed by atoms with E-state index < -0.39 is 6.10 Å². The highest BCUT2D eigenvalue weighted by Crippen LogP contribution is 2.29. The van der Waals surface area contributed by atoms with E-state index in [4.69, 9.17) is 11.6 Å². The fourth-order valence-corrected chi connectivity index (χ4v) is 1.97. The van der Waals surface area contributed by atoms with E-state index in [0.29, 0.717) is 17.0 Å². The van der Waals surface area contributed by atoms with E-state index in [-0.39, 0.29) is 12.4 Å². The van der Waals surface area contributed by atoms with Crippen molar-refractivity contribution in [1.29, 1.82) is 0 Å². The summed E-state index contributed by atoms with van der Waals surface area (Å²) in [5, 5.41) is 10.4. The molecule has 3 nitrogen and oxygen atoms in total. The number of carbonyl (C=O) groups excluding carboxylic acids is 1. The Morgan fingerprint density at radius 2 is 2.31 bits per heavy atom. The number of hydrogen-bond donors (Lipinski definition) is 1. The predicted molar refractivity (Wildman–Crippen MR) is 65.4 cm³/mol. The van der Waals surface area contributed by atoms with Gasteiger partial charge in [-0.1, -0.05) is 27.5 Å². The molecule has 1 N–H and O–H groups in total. The van der Waals surface area contributed by atoms with Crippen molar-refractivity contribution < 1.29 is 14.6 Å². The minimum Gasteiger partial charge on any atom is -0.469 e. The summed E-state index contributed by atoms with van der Waals surface area (Å²) in [5.74, 6) is -0.336. The van der Waals surface area contributed by atoms with Crippen molar-refractivity contribution in [3.8, 4) is 0 Å². The number of ether oxygens (including phenoxy) is 1. The van der Waals surface area contributed by atoms with Crippen molar-refractivity contribution in [3.05, 3.63) is 33.3 Å². The molecule has 0 heterocycles. The lowest BCUT2D eigenvalue weighted by molar-refractivity contribution is -0.141. The first-order valence-electron chi connectivity index (χ1n) is 4.74. The third-order valence-electron chi connectivity index (χ3n) is 2.17. The van der Waals surface area contributed by atoms with E-state index in [0.717, 1.165) is 4.47 Å². The van der Waals surface area contributed by atoms with Gasteiger partial charge < -0.3 is 9.84 Å². The zero-order valence-electron chi connectivity index (χ0n) is 8.74. The third kappa shape index (κ3) is 3.77. The summed E-state index contributed by atoms with van der Waals surface area (Å²) in [6, 6.07) is 5.16. The Labute approximate surface area is 107 Å². The van der Waals surface area contributed by atoms with Gasteiger partial charge in [0.15, 0.2) is 0 Å². The SMILES string of the molecule is COC(=O)CCC(O)c1cc(Cl)ccc1Br. The van der Waals surface area contributed by atoms with Gasteiger partial charge in [0.05, 0.1) is 13.2 Å². The molecule has 1 aromatic rings. The van der Waals surface area contributed by atoms with Gasteiger partial charge in [0, 0.05) is 15.9 Å². The molecule has 0 aliphatic heterocycles. The van der Waals surface area contributed by atoms with Gasteiger partial charge in [0.2, 0.25) is 0 Å². The Kier molecular flexibility index (Phi) is 5.25. The zero-order valence-corrected chi connectivity index (χ0v) is 11.1. The van der Waals surface area contributed by atoms with Crippen LogP contribution in [-0.4, -0.2) is 18.2 Å². The highest BCUT2D eigenvalue weighted by molar-refractivity contribution is 9.10. The maximum absolute atomic E-state index is 10.9. The highest BCUT2D eigenvalue weighted by atomic mass is 79.9. The lowest BCUT2D eigenvalue weighted by Gasteiger charge is -2.12. The molecule has 0 fully saturated rings. The molecule has 88 valence electrons. The lowest BCUT2D eigenvalue weighted by Crippen LogP contribution is -2.05. The molecule has 0 saturated carbocycles. The summed E-state index contributed by atoms with van der Waals surface area (Å²) in [7, 11) is 1.32. The van der Waals surface area contributed by atoms with E-state index in [1.807, 2.05) is 0 Å². The lowest BCUT2D eigenvalue weighted by atomic mass is 10.1. The Morgan fingerprint density at radius 1 is 1.62 bits per heavy atom. The molecule has 1 atom stereocenters. The van der Waals surface area contributed by atoms with Gasteiger partial charge in [-0.2, -0.15) is 0 Å². The number of aliphatic hydroxyl groups excluding tert-OH is 1. The molecule has 16 heavy (non-hydrogen) atoms. The van der Waals surface area contributed by atoms with Crippen LogP contribution < -0.4 is 0 Å². The molecule has 5 heteroatoms. The molecular formula is C11H12BrClO3. The molecule has 0 amide bonds. The van der Waals surface area contributed by atoms with Crippen LogP contribution in [0.25, 0.3) is 0 Å². The van der Waals surface area contributed by atoms with Crippen LogP contribution in [0.5, 0.6) is 0 Å². The monoisotopic (exact) mass is 306 g/mol. The van der Waals surface area contributed by atoms with Crippen LogP contribution in [0.2, 0.25) is 5.02 Å². The van der Waals surface area contributed by atoms with Crippen LogP contribution in [0.1, 0.15) is 24.5 Å². The van der Waals surface area contributed by atoms with Crippen LogP contribution in [0.4, 0.5) is 0 Å². The standard InChI is InChI=1S/C11H12BrClO3/c1-16-11(15)5-4-10(14)8-6-7(13)2-3-9(8)12/h2-3,6,10,14H,4-5H2,1H3. The summed E-state index contributed by atoms with van der Waals surface area (Å²) >= 11 is 9.15. The van der Waals surface area contributed by atoms with E-state index in [2.05, 4.69) is 20.7 Å². The molecule has 0 aliphatic rings. The predicted octanol–water partition coefficient (Wildman–Crippen LogP) is 3.09. The van der Waals surface area contributed by atoms with Gasteiger partial charge in [-0.25, -0.2) is 0 Å². The number of halogens is 2. The number of benzene rings is 1. The van der Waals surface area contributed by atoms with Crippen LogP contribution in [0, 0.1) is 0 Å². The number of rotatable bonds is 4. The van der Waals surface area contributed by atoms with Crippen molar-refractivity contribution in [3.63, 3.8) is 0 Å². The first-order valence-corrected chi connectivity index (χ1v) is 5.91. The number of methoxy groups -OCH3 is 1. The molecular weight excluding hydrogens is 295 g/mol. The van der Waals surface area contributed by atoms with Crippen LogP contribution in [0.3, 0.4) is 0 Å². The van der Waals surface area contributed by atoms with E-state index in [1.54, 1.807) is 18.2 Å². The second-order valence-electron chi connectivity index (χ2n) is 3.30. The van der Waals surface area contributed by atoms with Gasteiger partial charge in [-0.05, 0) is 30.2 Å². The fourth-order valence-electron chi connectivity index (χ4n) is 1.28. The fraction of sp³-hybridized carbons (Fsp3) is 0.364. The summed E-state index contributed by atoms with van der Waals surface area (Å²) in [6.45, 7) is 0. The van der Waals surface area contributed by atoms with E-state index >= 15 is 0 Å². The average molecular weight is 308 g/mol.